The summed E-state index contributed by atoms with van der Waals surface area (Å²) in [5, 5.41) is 0. The first-order valence-electron chi connectivity index (χ1n) is 8.64. The minimum absolute atomic E-state index is 0.360. The third-order valence-electron chi connectivity index (χ3n) is 7.28. The van der Waals surface area contributed by atoms with Crippen LogP contribution in [-0.2, 0) is 5.41 Å². The van der Waals surface area contributed by atoms with Gasteiger partial charge in [0.15, 0.2) is 0 Å². The van der Waals surface area contributed by atoms with Gasteiger partial charge in [0.05, 0.1) is 0 Å². The zero-order valence-electron chi connectivity index (χ0n) is 12.3. The molecular formula is C20H21N. The molecule has 21 heavy (non-hydrogen) atoms. The van der Waals surface area contributed by atoms with Gasteiger partial charge in [0.25, 0.3) is 0 Å². The van der Waals surface area contributed by atoms with Gasteiger partial charge in [-0.25, -0.2) is 0 Å². The fraction of sp³-hybridized carbons (Fsp3) is 0.500. The summed E-state index contributed by atoms with van der Waals surface area (Å²) in [4.78, 5) is 3.42. The van der Waals surface area contributed by atoms with Crippen LogP contribution in [0, 0.1) is 23.7 Å². The summed E-state index contributed by atoms with van der Waals surface area (Å²) in [5.41, 5.74) is 6.67. The van der Waals surface area contributed by atoms with Crippen molar-refractivity contribution in [2.75, 3.05) is 0 Å². The Labute approximate surface area is 125 Å². The summed E-state index contributed by atoms with van der Waals surface area (Å²) in [7, 11) is 0. The van der Waals surface area contributed by atoms with Gasteiger partial charge in [-0.05, 0) is 72.5 Å². The Morgan fingerprint density at radius 1 is 0.762 bits per heavy atom. The monoisotopic (exact) mass is 275 g/mol. The summed E-state index contributed by atoms with van der Waals surface area (Å²) < 4.78 is 0. The fourth-order valence-electron chi connectivity index (χ4n) is 6.96. The van der Waals surface area contributed by atoms with Gasteiger partial charge >= 0.3 is 0 Å². The first-order chi connectivity index (χ1) is 10.4. The third kappa shape index (κ3) is 1.11. The van der Waals surface area contributed by atoms with Gasteiger partial charge in [-0.2, -0.15) is 0 Å². The van der Waals surface area contributed by atoms with Crippen LogP contribution in [0.3, 0.4) is 0 Å². The molecular weight excluding hydrogens is 254 g/mol. The minimum atomic E-state index is 0.360. The van der Waals surface area contributed by atoms with Gasteiger partial charge < -0.3 is 4.98 Å². The molecule has 1 heterocycles. The second kappa shape index (κ2) is 3.45. The largest absolute Gasteiger partial charge is 0.367 e. The average Bonchev–Trinajstić information content (AvgIpc) is 3.05. The molecule has 5 aliphatic carbocycles. The molecule has 0 unspecified atom stereocenters. The SMILES string of the molecule is c1ccc2c(c1)-c1c[nH]cc1C21C2CC3CC(C2)CC1C3. The second-order valence-corrected chi connectivity index (χ2v) is 8.00. The third-order valence-corrected chi connectivity index (χ3v) is 7.28. The highest BCUT2D eigenvalue weighted by molar-refractivity contribution is 5.81. The van der Waals surface area contributed by atoms with E-state index >= 15 is 0 Å². The van der Waals surface area contributed by atoms with E-state index in [0.29, 0.717) is 5.41 Å². The lowest BCUT2D eigenvalue weighted by molar-refractivity contribution is -0.0399. The summed E-state index contributed by atoms with van der Waals surface area (Å²) in [5.74, 6) is 3.86. The second-order valence-electron chi connectivity index (χ2n) is 8.00. The van der Waals surface area contributed by atoms with Crippen LogP contribution in [0.15, 0.2) is 36.7 Å². The first-order valence-corrected chi connectivity index (χ1v) is 8.64. The van der Waals surface area contributed by atoms with E-state index in [-0.39, 0.29) is 0 Å². The molecule has 0 aliphatic heterocycles. The fourth-order valence-corrected chi connectivity index (χ4v) is 6.96. The van der Waals surface area contributed by atoms with Crippen LogP contribution in [0.4, 0.5) is 0 Å². The lowest BCUT2D eigenvalue weighted by Crippen LogP contribution is -2.55. The number of fused-ring (bicyclic) bond motifs is 3. The van der Waals surface area contributed by atoms with E-state index in [2.05, 4.69) is 41.6 Å². The maximum atomic E-state index is 3.42. The van der Waals surface area contributed by atoms with Gasteiger partial charge in [-0.3, -0.25) is 0 Å². The summed E-state index contributed by atoms with van der Waals surface area (Å²) in [6, 6.07) is 9.27. The topological polar surface area (TPSA) is 15.8 Å². The molecule has 0 atom stereocenters. The van der Waals surface area contributed by atoms with Crippen LogP contribution in [0.5, 0.6) is 0 Å². The highest BCUT2D eigenvalue weighted by Crippen LogP contribution is 2.69. The predicted octanol–water partition coefficient (Wildman–Crippen LogP) is 4.74. The van der Waals surface area contributed by atoms with Gasteiger partial charge in [-0.15, -0.1) is 0 Å². The number of hydrogen-bond acceptors (Lipinski definition) is 0. The smallest absolute Gasteiger partial charge is 0.0286 e. The molecule has 1 aromatic carbocycles. The summed E-state index contributed by atoms with van der Waals surface area (Å²) >= 11 is 0. The number of nitrogens with one attached hydrogen (secondary N) is 1. The van der Waals surface area contributed by atoms with E-state index in [1.807, 2.05) is 0 Å². The highest BCUT2D eigenvalue weighted by Gasteiger charge is 2.61. The molecule has 1 nitrogen and oxygen atoms in total. The van der Waals surface area contributed by atoms with Crippen LogP contribution in [-0.4, -0.2) is 4.98 Å². The number of rotatable bonds is 0. The lowest BCUT2D eigenvalue weighted by Gasteiger charge is -2.60. The number of aromatic nitrogens is 1. The highest BCUT2D eigenvalue weighted by atomic mass is 14.7. The molecule has 1 N–H and O–H groups in total. The number of hydrogen-bond donors (Lipinski definition) is 1. The molecule has 4 fully saturated rings. The molecule has 0 radical (unpaired) electrons. The van der Waals surface area contributed by atoms with Gasteiger partial charge in [0.1, 0.15) is 0 Å². The molecule has 7 rings (SSSR count). The maximum Gasteiger partial charge on any atom is 0.0286 e. The number of H-pyrrole nitrogens is 1. The van der Waals surface area contributed by atoms with Crippen LogP contribution in [0.25, 0.3) is 11.1 Å². The quantitative estimate of drug-likeness (QED) is 0.715. The van der Waals surface area contributed by atoms with Crippen molar-refractivity contribution in [2.24, 2.45) is 23.7 Å². The zero-order valence-corrected chi connectivity index (χ0v) is 12.3. The minimum Gasteiger partial charge on any atom is -0.367 e. The first kappa shape index (κ1) is 11.1. The van der Waals surface area contributed by atoms with Crippen LogP contribution in [0.1, 0.15) is 43.2 Å². The molecule has 1 aromatic heterocycles. The maximum absolute atomic E-state index is 3.42. The number of benzene rings is 1. The normalized spacial score (nSPS) is 41.5. The van der Waals surface area contributed by atoms with Crippen molar-refractivity contribution >= 4 is 0 Å². The van der Waals surface area contributed by atoms with E-state index < -0.39 is 0 Å². The van der Waals surface area contributed by atoms with E-state index in [9.17, 15) is 0 Å². The van der Waals surface area contributed by atoms with E-state index in [4.69, 9.17) is 0 Å². The van der Waals surface area contributed by atoms with Crippen molar-refractivity contribution < 1.29 is 0 Å². The van der Waals surface area contributed by atoms with Crippen LogP contribution >= 0.6 is 0 Å². The van der Waals surface area contributed by atoms with Crippen LogP contribution in [0.2, 0.25) is 0 Å². The molecule has 2 aromatic rings. The van der Waals surface area contributed by atoms with Crippen molar-refractivity contribution in [3.8, 4) is 11.1 Å². The van der Waals surface area contributed by atoms with Crippen molar-refractivity contribution in [3.05, 3.63) is 47.8 Å². The molecule has 1 spiro atoms. The average molecular weight is 275 g/mol. The molecule has 4 saturated carbocycles. The Morgan fingerprint density at radius 3 is 2.24 bits per heavy atom. The van der Waals surface area contributed by atoms with E-state index in [0.717, 1.165) is 23.7 Å². The summed E-state index contributed by atoms with van der Waals surface area (Å²) in [6.45, 7) is 0. The van der Waals surface area contributed by atoms with Gasteiger partial charge in [-0.1, -0.05) is 24.3 Å². The molecule has 5 aliphatic rings. The number of aromatic amines is 1. The lowest BCUT2D eigenvalue weighted by atomic mass is 9.43. The Balaban J connectivity index is 1.68. The molecule has 0 saturated heterocycles. The molecule has 106 valence electrons. The zero-order chi connectivity index (χ0) is 13.6. The Kier molecular flexibility index (Phi) is 1.83. The standard InChI is InChI=1S/C20H21N/c1-2-4-18-16(3-1)17-10-21-11-19(17)20(18)14-6-12-5-13(8-14)9-15(20)7-12/h1-4,10-15,21H,5-9H2. The summed E-state index contributed by atoms with van der Waals surface area (Å²) in [6.07, 6.45) is 12.0. The van der Waals surface area contributed by atoms with E-state index in [1.54, 1.807) is 11.1 Å². The van der Waals surface area contributed by atoms with Crippen molar-refractivity contribution in [3.63, 3.8) is 0 Å². The van der Waals surface area contributed by atoms with Crippen molar-refractivity contribution in [1.29, 1.82) is 0 Å². The van der Waals surface area contributed by atoms with Crippen molar-refractivity contribution in [1.82, 2.24) is 4.98 Å². The van der Waals surface area contributed by atoms with Crippen molar-refractivity contribution in [2.45, 2.75) is 37.5 Å². The molecule has 4 bridgehead atoms. The Hall–Kier alpha value is -1.50. The Bertz CT molecular complexity index is 710. The predicted molar refractivity (Wildman–Crippen MR) is 84.1 cm³/mol. The molecule has 1 heteroatoms. The Morgan fingerprint density at radius 2 is 1.48 bits per heavy atom. The van der Waals surface area contributed by atoms with Crippen LogP contribution < -0.4 is 0 Å². The van der Waals surface area contributed by atoms with Gasteiger partial charge in [0, 0.05) is 23.4 Å². The van der Waals surface area contributed by atoms with Gasteiger partial charge in [0.2, 0.25) is 0 Å². The molecule has 0 amide bonds. The van der Waals surface area contributed by atoms with E-state index in [1.165, 1.54) is 43.2 Å².